The maximum atomic E-state index is 10.5. The first-order valence-electron chi connectivity index (χ1n) is 5.52. The fourth-order valence-corrected chi connectivity index (χ4v) is 2.51. The third-order valence-corrected chi connectivity index (χ3v) is 3.57. The quantitative estimate of drug-likeness (QED) is 0.698. The monoisotopic (exact) mass is 211 g/mol. The summed E-state index contributed by atoms with van der Waals surface area (Å²) in [5.74, 6) is 0. The molecule has 0 aromatic rings. The minimum absolute atomic E-state index is 0.268. The van der Waals surface area contributed by atoms with E-state index in [4.69, 9.17) is 9.47 Å². The molecule has 2 rings (SSSR count). The van der Waals surface area contributed by atoms with Gasteiger partial charge in [-0.2, -0.15) is 5.26 Å². The molecule has 4 nitrogen and oxygen atoms in total. The van der Waals surface area contributed by atoms with Gasteiger partial charge in [-0.05, 0) is 25.7 Å². The van der Waals surface area contributed by atoms with Crippen molar-refractivity contribution in [2.75, 3.05) is 26.4 Å². The second-order valence-electron chi connectivity index (χ2n) is 4.54. The fraction of sp³-hybridized carbons (Fsp3) is 0.909. The molecule has 2 atom stereocenters. The number of nitrogens with zero attached hydrogens (tertiary/aromatic N) is 1. The Morgan fingerprint density at radius 1 is 1.07 bits per heavy atom. The van der Waals surface area contributed by atoms with Crippen molar-refractivity contribution in [2.24, 2.45) is 5.41 Å². The van der Waals surface area contributed by atoms with Crippen molar-refractivity contribution in [1.82, 2.24) is 0 Å². The number of nitriles is 1. The molecule has 2 aliphatic heterocycles. The highest BCUT2D eigenvalue weighted by Crippen LogP contribution is 2.43. The van der Waals surface area contributed by atoms with Gasteiger partial charge in [0.1, 0.15) is 11.0 Å². The molecule has 0 saturated carbocycles. The van der Waals surface area contributed by atoms with Gasteiger partial charge in [-0.1, -0.05) is 0 Å². The van der Waals surface area contributed by atoms with Crippen molar-refractivity contribution in [3.8, 4) is 6.07 Å². The highest BCUT2D eigenvalue weighted by atomic mass is 16.5. The molecule has 0 bridgehead atoms. The van der Waals surface area contributed by atoms with E-state index in [9.17, 15) is 10.4 Å². The molecule has 2 aliphatic rings. The Morgan fingerprint density at radius 2 is 1.73 bits per heavy atom. The zero-order chi connectivity index (χ0) is 10.8. The first-order valence-corrected chi connectivity index (χ1v) is 5.52. The minimum atomic E-state index is -1.01. The predicted molar refractivity (Wildman–Crippen MR) is 53.1 cm³/mol. The summed E-state index contributed by atoms with van der Waals surface area (Å²) in [5, 5.41) is 19.8. The van der Waals surface area contributed by atoms with Crippen LogP contribution in [0.2, 0.25) is 0 Å². The Morgan fingerprint density at radius 3 is 2.20 bits per heavy atom. The molecule has 0 spiro atoms. The molecule has 2 saturated heterocycles. The molecule has 0 aromatic carbocycles. The molecule has 0 aliphatic carbocycles. The number of ether oxygens (including phenoxy) is 2. The maximum absolute atomic E-state index is 10.5. The van der Waals surface area contributed by atoms with Gasteiger partial charge in [-0.3, -0.25) is 0 Å². The first-order chi connectivity index (χ1) is 7.22. The largest absolute Gasteiger partial charge is 0.386 e. The lowest BCUT2D eigenvalue weighted by Gasteiger charge is -2.46. The standard InChI is InChI=1S/C11H17NO3/c12-7-10(3-1-5-14-8-10)11(13)4-2-6-15-9-11/h13H,1-6,8-9H2. The molecule has 1 N–H and O–H groups in total. The third kappa shape index (κ3) is 1.76. The Bertz CT molecular complexity index is 259. The van der Waals surface area contributed by atoms with E-state index >= 15 is 0 Å². The van der Waals surface area contributed by atoms with Gasteiger partial charge < -0.3 is 14.6 Å². The Kier molecular flexibility index (Phi) is 2.96. The van der Waals surface area contributed by atoms with Crippen LogP contribution in [-0.2, 0) is 9.47 Å². The zero-order valence-electron chi connectivity index (χ0n) is 8.87. The third-order valence-electron chi connectivity index (χ3n) is 3.57. The van der Waals surface area contributed by atoms with Crippen LogP contribution in [0.1, 0.15) is 25.7 Å². The van der Waals surface area contributed by atoms with Crippen LogP contribution in [0, 0.1) is 16.7 Å². The van der Waals surface area contributed by atoms with Crippen LogP contribution in [-0.4, -0.2) is 37.1 Å². The van der Waals surface area contributed by atoms with Crippen LogP contribution >= 0.6 is 0 Å². The summed E-state index contributed by atoms with van der Waals surface area (Å²) in [4.78, 5) is 0. The summed E-state index contributed by atoms with van der Waals surface area (Å²) in [7, 11) is 0. The Hall–Kier alpha value is -0.630. The predicted octanol–water partition coefficient (Wildman–Crippen LogP) is 0.848. The van der Waals surface area contributed by atoms with Gasteiger partial charge in [0.05, 0.1) is 19.3 Å². The minimum Gasteiger partial charge on any atom is -0.386 e. The smallest absolute Gasteiger partial charge is 0.111 e. The summed E-state index contributed by atoms with van der Waals surface area (Å²) in [6, 6.07) is 2.27. The lowest BCUT2D eigenvalue weighted by Crippen LogP contribution is -2.56. The lowest BCUT2D eigenvalue weighted by atomic mass is 9.67. The van der Waals surface area contributed by atoms with Crippen molar-refractivity contribution in [2.45, 2.75) is 31.3 Å². The SMILES string of the molecule is N#CC1(C2(O)CCCOC2)CCCOC1. The first kappa shape index (κ1) is 10.9. The van der Waals surface area contributed by atoms with Gasteiger partial charge in [-0.25, -0.2) is 0 Å². The molecule has 4 heteroatoms. The van der Waals surface area contributed by atoms with Crippen LogP contribution in [0.4, 0.5) is 0 Å². The number of hydrogen-bond donors (Lipinski definition) is 1. The average molecular weight is 211 g/mol. The number of hydrogen-bond acceptors (Lipinski definition) is 4. The van der Waals surface area contributed by atoms with Crippen LogP contribution in [0.3, 0.4) is 0 Å². The topological polar surface area (TPSA) is 62.5 Å². The molecule has 2 fully saturated rings. The van der Waals surface area contributed by atoms with E-state index in [-0.39, 0.29) is 6.61 Å². The van der Waals surface area contributed by atoms with Gasteiger partial charge >= 0.3 is 0 Å². The van der Waals surface area contributed by atoms with E-state index in [2.05, 4.69) is 6.07 Å². The molecule has 0 radical (unpaired) electrons. The molecule has 0 aromatic heterocycles. The van der Waals surface area contributed by atoms with Gasteiger partial charge in [0.25, 0.3) is 0 Å². The number of aliphatic hydroxyl groups is 1. The van der Waals surface area contributed by atoms with Crippen LogP contribution < -0.4 is 0 Å². The van der Waals surface area contributed by atoms with Crippen LogP contribution in [0.5, 0.6) is 0 Å². The number of rotatable bonds is 1. The van der Waals surface area contributed by atoms with Gasteiger partial charge in [0, 0.05) is 13.2 Å². The zero-order valence-corrected chi connectivity index (χ0v) is 8.87. The molecule has 2 heterocycles. The maximum Gasteiger partial charge on any atom is 0.111 e. The van der Waals surface area contributed by atoms with Crippen molar-refractivity contribution < 1.29 is 14.6 Å². The van der Waals surface area contributed by atoms with Crippen LogP contribution in [0.25, 0.3) is 0 Å². The summed E-state index contributed by atoms with van der Waals surface area (Å²) < 4.78 is 10.7. The second-order valence-corrected chi connectivity index (χ2v) is 4.54. The fourth-order valence-electron chi connectivity index (χ4n) is 2.51. The summed E-state index contributed by atoms with van der Waals surface area (Å²) in [6.07, 6.45) is 3.02. The molecule has 15 heavy (non-hydrogen) atoms. The van der Waals surface area contributed by atoms with Crippen LogP contribution in [0.15, 0.2) is 0 Å². The second kappa shape index (κ2) is 4.09. The molecule has 0 amide bonds. The van der Waals surface area contributed by atoms with Gasteiger partial charge in [0.2, 0.25) is 0 Å². The average Bonchev–Trinajstić information content (AvgIpc) is 2.31. The van der Waals surface area contributed by atoms with Gasteiger partial charge in [0.15, 0.2) is 0 Å². The highest BCUT2D eigenvalue weighted by Gasteiger charge is 2.52. The summed E-state index contributed by atoms with van der Waals surface area (Å²) in [5.41, 5.74) is -1.77. The van der Waals surface area contributed by atoms with Crippen molar-refractivity contribution in [3.63, 3.8) is 0 Å². The van der Waals surface area contributed by atoms with Crippen molar-refractivity contribution in [3.05, 3.63) is 0 Å². The Labute approximate surface area is 89.8 Å². The molecular formula is C11H17NO3. The van der Waals surface area contributed by atoms with E-state index in [1.807, 2.05) is 0 Å². The Balaban J connectivity index is 2.19. The van der Waals surface area contributed by atoms with E-state index in [0.29, 0.717) is 32.7 Å². The molecule has 2 unspecified atom stereocenters. The summed E-state index contributed by atoms with van der Waals surface area (Å²) in [6.45, 7) is 1.98. The molecular weight excluding hydrogens is 194 g/mol. The summed E-state index contributed by atoms with van der Waals surface area (Å²) >= 11 is 0. The van der Waals surface area contributed by atoms with E-state index < -0.39 is 11.0 Å². The van der Waals surface area contributed by atoms with E-state index in [0.717, 1.165) is 12.8 Å². The van der Waals surface area contributed by atoms with E-state index in [1.165, 1.54) is 0 Å². The molecule has 84 valence electrons. The van der Waals surface area contributed by atoms with Crippen molar-refractivity contribution >= 4 is 0 Å². The lowest BCUT2D eigenvalue weighted by molar-refractivity contribution is -0.174. The highest BCUT2D eigenvalue weighted by molar-refractivity contribution is 5.13. The van der Waals surface area contributed by atoms with Gasteiger partial charge in [-0.15, -0.1) is 0 Å². The van der Waals surface area contributed by atoms with E-state index in [1.54, 1.807) is 0 Å². The van der Waals surface area contributed by atoms with Crippen molar-refractivity contribution in [1.29, 1.82) is 5.26 Å². The normalized spacial score (nSPS) is 42.1.